The Balaban J connectivity index is 0.000000197. The minimum absolute atomic E-state index is 0.296. The van der Waals surface area contributed by atoms with E-state index in [1.165, 1.54) is 0 Å². The molecular formula is C18H28B2N2O4. The van der Waals surface area contributed by atoms with Crippen LogP contribution >= 0.6 is 0 Å². The third-order valence-electron chi connectivity index (χ3n) is 4.89. The van der Waals surface area contributed by atoms with Crippen LogP contribution in [0.4, 0.5) is 0 Å². The molecule has 6 nitrogen and oxygen atoms in total. The van der Waals surface area contributed by atoms with Gasteiger partial charge < -0.3 is 19.4 Å². The summed E-state index contributed by atoms with van der Waals surface area (Å²) in [5, 5.41) is 21.9. The second-order valence-corrected chi connectivity index (χ2v) is 7.47. The van der Waals surface area contributed by atoms with E-state index in [0.29, 0.717) is 5.46 Å². The molecule has 3 rings (SSSR count). The smallest absolute Gasteiger partial charge is 0.423 e. The first-order chi connectivity index (χ1) is 12.1. The molecule has 0 aliphatic carbocycles. The van der Waals surface area contributed by atoms with Crippen molar-refractivity contribution in [2.45, 2.75) is 52.2 Å². The average molecular weight is 358 g/mol. The Morgan fingerprint density at radius 2 is 1.73 bits per heavy atom. The molecule has 0 unspecified atom stereocenters. The topological polar surface area (TPSA) is 76.7 Å². The molecule has 0 spiro atoms. The normalized spacial score (nSPS) is 17.6. The molecule has 26 heavy (non-hydrogen) atoms. The van der Waals surface area contributed by atoms with Gasteiger partial charge in [0.15, 0.2) is 0 Å². The number of nitrogens with zero attached hydrogens (tertiary/aromatic N) is 2. The highest BCUT2D eigenvalue weighted by molar-refractivity contribution is 6.61. The quantitative estimate of drug-likeness (QED) is 0.788. The van der Waals surface area contributed by atoms with E-state index in [1.807, 2.05) is 66.1 Å². The molecule has 0 bridgehead atoms. The first-order valence-electron chi connectivity index (χ1n) is 8.86. The number of aryl methyl sites for hydroxylation is 2. The summed E-state index contributed by atoms with van der Waals surface area (Å²) < 4.78 is 13.5. The lowest BCUT2D eigenvalue weighted by Crippen LogP contribution is -2.41. The summed E-state index contributed by atoms with van der Waals surface area (Å²) in [4.78, 5) is 0. The molecule has 1 aromatic heterocycles. The lowest BCUT2D eigenvalue weighted by atomic mass is 9.79. The van der Waals surface area contributed by atoms with Crippen LogP contribution in [-0.2, 0) is 22.8 Å². The maximum atomic E-state index is 8.80. The van der Waals surface area contributed by atoms with Crippen molar-refractivity contribution >= 4 is 25.3 Å². The van der Waals surface area contributed by atoms with Crippen molar-refractivity contribution in [2.24, 2.45) is 7.05 Å². The van der Waals surface area contributed by atoms with Crippen molar-refractivity contribution in [1.82, 2.24) is 9.78 Å². The molecule has 0 atom stereocenters. The van der Waals surface area contributed by atoms with Crippen molar-refractivity contribution in [3.63, 3.8) is 0 Å². The van der Waals surface area contributed by atoms with Crippen LogP contribution < -0.4 is 11.1 Å². The molecule has 2 N–H and O–H groups in total. The minimum Gasteiger partial charge on any atom is -0.423 e. The number of hydrogen-bond acceptors (Lipinski definition) is 5. The lowest BCUT2D eigenvalue weighted by Gasteiger charge is -2.32. The molecule has 0 radical (unpaired) electrons. The largest absolute Gasteiger partial charge is 0.516 e. The second kappa shape index (κ2) is 7.96. The number of hydrogen-bond donors (Lipinski definition) is 2. The molecule has 1 saturated heterocycles. The van der Waals surface area contributed by atoms with Crippen LogP contribution in [0, 0.1) is 0 Å². The van der Waals surface area contributed by atoms with Crippen LogP contribution in [-0.4, -0.2) is 45.3 Å². The van der Waals surface area contributed by atoms with E-state index in [2.05, 4.69) is 5.10 Å². The van der Waals surface area contributed by atoms with Crippen LogP contribution in [0.25, 0.3) is 0 Å². The standard InChI is InChI=1S/C10H17BN2O2.C8H11BO2/c1-9(2)10(3,4)15-11(14-9)8-6-7-13(5)12-8;1-2-7-4-3-5-8(6-7)9(10)11/h6-7H,1-5H3;3-6,10-11H,2H2,1H3. The minimum atomic E-state index is -1.35. The van der Waals surface area contributed by atoms with E-state index < -0.39 is 7.12 Å². The van der Waals surface area contributed by atoms with Gasteiger partial charge in [-0.3, -0.25) is 4.68 Å². The van der Waals surface area contributed by atoms with Gasteiger partial charge in [0.05, 0.1) is 16.8 Å². The van der Waals surface area contributed by atoms with Gasteiger partial charge in [-0.1, -0.05) is 31.2 Å². The monoisotopic (exact) mass is 358 g/mol. The van der Waals surface area contributed by atoms with Gasteiger partial charge in [-0.2, -0.15) is 5.10 Å². The van der Waals surface area contributed by atoms with E-state index in [4.69, 9.17) is 19.4 Å². The highest BCUT2D eigenvalue weighted by atomic mass is 16.7. The summed E-state index contributed by atoms with van der Waals surface area (Å²) in [5.74, 6) is 0. The highest BCUT2D eigenvalue weighted by Crippen LogP contribution is 2.36. The van der Waals surface area contributed by atoms with Crippen molar-refractivity contribution in [2.75, 3.05) is 0 Å². The number of aromatic nitrogens is 2. The van der Waals surface area contributed by atoms with Gasteiger partial charge in [0, 0.05) is 13.2 Å². The SMILES string of the molecule is CCc1cccc(B(O)O)c1.Cn1ccc(B2OC(C)(C)C(C)(C)O2)n1. The maximum Gasteiger partial charge on any atom is 0.516 e. The molecule has 2 heterocycles. The number of rotatable bonds is 3. The van der Waals surface area contributed by atoms with Crippen LogP contribution in [0.2, 0.25) is 0 Å². The predicted molar refractivity (Wildman–Crippen MR) is 105 cm³/mol. The third kappa shape index (κ3) is 4.76. The molecule has 8 heteroatoms. The van der Waals surface area contributed by atoms with E-state index >= 15 is 0 Å². The van der Waals surface area contributed by atoms with E-state index in [1.54, 1.807) is 16.8 Å². The Hall–Kier alpha value is -1.60. The van der Waals surface area contributed by atoms with Gasteiger partial charge >= 0.3 is 14.2 Å². The fourth-order valence-corrected chi connectivity index (χ4v) is 2.50. The molecule has 1 aliphatic heterocycles. The average Bonchev–Trinajstić information content (AvgIpc) is 3.09. The lowest BCUT2D eigenvalue weighted by molar-refractivity contribution is 0.00578. The fraction of sp³-hybridized carbons (Fsp3) is 0.500. The number of benzene rings is 1. The van der Waals surface area contributed by atoms with Crippen molar-refractivity contribution in [1.29, 1.82) is 0 Å². The molecule has 2 aromatic rings. The van der Waals surface area contributed by atoms with Crippen LogP contribution in [0.5, 0.6) is 0 Å². The summed E-state index contributed by atoms with van der Waals surface area (Å²) in [6, 6.07) is 9.20. The van der Waals surface area contributed by atoms with Crippen LogP contribution in [0.3, 0.4) is 0 Å². The van der Waals surface area contributed by atoms with E-state index in [9.17, 15) is 0 Å². The van der Waals surface area contributed by atoms with Gasteiger partial charge in [0.1, 0.15) is 0 Å². The van der Waals surface area contributed by atoms with Gasteiger partial charge in [-0.25, -0.2) is 0 Å². The summed E-state index contributed by atoms with van der Waals surface area (Å²) in [7, 11) is 0.187. The first-order valence-corrected chi connectivity index (χ1v) is 8.86. The zero-order valence-corrected chi connectivity index (χ0v) is 16.4. The van der Waals surface area contributed by atoms with Gasteiger partial charge in [-0.15, -0.1) is 0 Å². The van der Waals surface area contributed by atoms with Gasteiger partial charge in [0.25, 0.3) is 0 Å². The molecule has 1 fully saturated rings. The van der Waals surface area contributed by atoms with Gasteiger partial charge in [0.2, 0.25) is 0 Å². The molecular weight excluding hydrogens is 330 g/mol. The van der Waals surface area contributed by atoms with Crippen molar-refractivity contribution in [3.05, 3.63) is 42.1 Å². The molecule has 0 amide bonds. The summed E-state index contributed by atoms with van der Waals surface area (Å²) >= 11 is 0. The predicted octanol–water partition coefficient (Wildman–Crippen LogP) is 0.648. The first kappa shape index (κ1) is 20.7. The Labute approximate surface area is 156 Å². The van der Waals surface area contributed by atoms with E-state index in [0.717, 1.165) is 17.6 Å². The maximum absolute atomic E-state index is 8.80. The van der Waals surface area contributed by atoms with Crippen LogP contribution in [0.1, 0.15) is 40.2 Å². The van der Waals surface area contributed by atoms with Crippen LogP contribution in [0.15, 0.2) is 36.5 Å². The zero-order valence-electron chi connectivity index (χ0n) is 16.4. The van der Waals surface area contributed by atoms with Gasteiger partial charge in [-0.05, 0) is 51.2 Å². The molecule has 1 aromatic carbocycles. The highest BCUT2D eigenvalue weighted by Gasteiger charge is 2.52. The second-order valence-electron chi connectivity index (χ2n) is 7.47. The van der Waals surface area contributed by atoms with Crippen molar-refractivity contribution < 1.29 is 19.4 Å². The summed E-state index contributed by atoms with van der Waals surface area (Å²) in [6.45, 7) is 10.2. The Morgan fingerprint density at radius 3 is 2.19 bits per heavy atom. The molecule has 1 aliphatic rings. The Morgan fingerprint density at radius 1 is 1.12 bits per heavy atom. The van der Waals surface area contributed by atoms with E-state index in [-0.39, 0.29) is 18.3 Å². The summed E-state index contributed by atoms with van der Waals surface area (Å²) in [5.41, 5.74) is 1.92. The third-order valence-corrected chi connectivity index (χ3v) is 4.89. The fourth-order valence-electron chi connectivity index (χ4n) is 2.50. The van der Waals surface area contributed by atoms with Crippen molar-refractivity contribution in [3.8, 4) is 0 Å². The molecule has 140 valence electrons. The molecule has 0 saturated carbocycles. The summed E-state index contributed by atoms with van der Waals surface area (Å²) in [6.07, 6.45) is 2.81. The Bertz CT molecular complexity index is 715. The zero-order chi connectivity index (χ0) is 19.5. The Kier molecular flexibility index (Phi) is 6.34.